The lowest BCUT2D eigenvalue weighted by Crippen LogP contribution is -2.25. The van der Waals surface area contributed by atoms with Crippen molar-refractivity contribution in [2.45, 2.75) is 25.9 Å². The maximum Gasteiger partial charge on any atom is 0.226 e. The molecule has 4 heterocycles. The number of amides is 1. The van der Waals surface area contributed by atoms with Crippen molar-refractivity contribution in [3.8, 4) is 11.6 Å². The minimum Gasteiger partial charge on any atom is -0.487 e. The molecule has 8 nitrogen and oxygen atoms in total. The number of hydrogen-bond acceptors (Lipinski definition) is 6. The van der Waals surface area contributed by atoms with Crippen LogP contribution >= 0.6 is 11.6 Å². The second-order valence-corrected chi connectivity index (χ2v) is 7.81. The highest BCUT2D eigenvalue weighted by molar-refractivity contribution is 6.29. The fourth-order valence-electron chi connectivity index (χ4n) is 3.94. The number of aromatic nitrogens is 5. The minimum absolute atomic E-state index is 0.106. The number of para-hydroxylation sites is 1. The van der Waals surface area contributed by atoms with E-state index in [0.717, 1.165) is 22.5 Å². The molecule has 1 N–H and O–H groups in total. The van der Waals surface area contributed by atoms with Crippen LogP contribution in [0, 0.1) is 6.92 Å². The molecule has 0 aliphatic carbocycles. The van der Waals surface area contributed by atoms with Crippen LogP contribution in [0.3, 0.4) is 0 Å². The van der Waals surface area contributed by atoms with Crippen LogP contribution in [-0.2, 0) is 11.4 Å². The van der Waals surface area contributed by atoms with Gasteiger partial charge in [-0.15, -0.1) is 10.2 Å². The summed E-state index contributed by atoms with van der Waals surface area (Å²) in [7, 11) is 0. The Morgan fingerprint density at radius 2 is 1.97 bits per heavy atom. The third-order valence-corrected chi connectivity index (χ3v) is 5.54. The lowest BCUT2D eigenvalue weighted by atomic mass is 9.85. The number of nitrogens with zero attached hydrogens (tertiary/aromatic N) is 5. The zero-order valence-electron chi connectivity index (χ0n) is 17.2. The number of fused-ring (bicyclic) bond motifs is 1. The van der Waals surface area contributed by atoms with Gasteiger partial charge in [0.25, 0.3) is 0 Å². The number of carbonyl (C=O) groups is 1. The van der Waals surface area contributed by atoms with E-state index in [-0.39, 0.29) is 23.4 Å². The number of pyridine rings is 1. The van der Waals surface area contributed by atoms with Crippen LogP contribution in [0.4, 0.5) is 5.82 Å². The molecule has 0 spiro atoms. The predicted molar refractivity (Wildman–Crippen MR) is 119 cm³/mol. The van der Waals surface area contributed by atoms with Crippen LogP contribution in [0.2, 0.25) is 5.15 Å². The Kier molecular flexibility index (Phi) is 5.28. The quantitative estimate of drug-likeness (QED) is 0.496. The van der Waals surface area contributed by atoms with Crippen molar-refractivity contribution in [2.24, 2.45) is 0 Å². The van der Waals surface area contributed by atoms with E-state index < -0.39 is 0 Å². The molecule has 0 radical (unpaired) electrons. The van der Waals surface area contributed by atoms with Crippen LogP contribution in [0.5, 0.6) is 5.75 Å². The Morgan fingerprint density at radius 1 is 1.12 bits per heavy atom. The average molecular weight is 447 g/mol. The largest absolute Gasteiger partial charge is 0.487 e. The number of benzene rings is 1. The number of ether oxygens (including phenoxy) is 1. The summed E-state index contributed by atoms with van der Waals surface area (Å²) in [5, 5.41) is 15.9. The lowest BCUT2D eigenvalue weighted by molar-refractivity contribution is -0.116. The van der Waals surface area contributed by atoms with Crippen LogP contribution < -0.4 is 10.1 Å². The van der Waals surface area contributed by atoms with Gasteiger partial charge in [-0.2, -0.15) is 9.78 Å². The summed E-state index contributed by atoms with van der Waals surface area (Å²) in [6, 6.07) is 16.8. The Labute approximate surface area is 189 Å². The van der Waals surface area contributed by atoms with E-state index in [1.807, 2.05) is 49.4 Å². The maximum absolute atomic E-state index is 12.7. The van der Waals surface area contributed by atoms with Crippen molar-refractivity contribution in [1.29, 1.82) is 0 Å². The van der Waals surface area contributed by atoms with E-state index in [1.54, 1.807) is 23.0 Å². The number of nitrogens with one attached hydrogen (secondary N) is 1. The molecule has 1 atom stereocenters. The smallest absolute Gasteiger partial charge is 0.226 e. The first-order chi connectivity index (χ1) is 15.6. The van der Waals surface area contributed by atoms with Gasteiger partial charge in [0.1, 0.15) is 18.2 Å². The Balaban J connectivity index is 1.54. The molecule has 4 aromatic rings. The number of anilines is 1. The molecule has 3 aromatic heterocycles. The average Bonchev–Trinajstić information content (AvgIpc) is 3.14. The fraction of sp³-hybridized carbons (Fsp3) is 0.174. The topological polar surface area (TPSA) is 94.8 Å². The Bertz CT molecular complexity index is 1270. The molecule has 0 saturated heterocycles. The normalized spacial score (nSPS) is 15.2. The standard InChI is InChI=1S/C23H19ClN6O2/c1-14-22-17(16-7-2-3-8-18(16)32-13-15-6-4-5-11-25-15)12-21(31)26-23(22)30(29-14)20-10-9-19(24)27-28-20/h2-11,17H,12-13H2,1H3,(H,26,31)/t17-/m1/s1. The van der Waals surface area contributed by atoms with E-state index in [4.69, 9.17) is 16.3 Å². The number of aryl methyl sites for hydroxylation is 1. The molecular weight excluding hydrogens is 428 g/mol. The van der Waals surface area contributed by atoms with E-state index in [1.165, 1.54) is 0 Å². The number of carbonyl (C=O) groups excluding carboxylic acids is 1. The van der Waals surface area contributed by atoms with Crippen LogP contribution in [0.15, 0.2) is 60.8 Å². The molecule has 5 rings (SSSR count). The summed E-state index contributed by atoms with van der Waals surface area (Å²) in [4.78, 5) is 17.0. The van der Waals surface area contributed by atoms with Crippen LogP contribution in [-0.4, -0.2) is 30.9 Å². The number of halogens is 1. The third kappa shape index (κ3) is 3.80. The minimum atomic E-state index is -0.215. The fourth-order valence-corrected chi connectivity index (χ4v) is 4.04. The Morgan fingerprint density at radius 3 is 2.75 bits per heavy atom. The molecule has 0 saturated carbocycles. The van der Waals surface area contributed by atoms with Crippen molar-refractivity contribution in [2.75, 3.05) is 5.32 Å². The highest BCUT2D eigenvalue weighted by Crippen LogP contribution is 2.43. The molecule has 32 heavy (non-hydrogen) atoms. The van der Waals surface area contributed by atoms with Crippen molar-refractivity contribution in [3.63, 3.8) is 0 Å². The second-order valence-electron chi connectivity index (χ2n) is 7.43. The molecule has 1 aliphatic rings. The summed E-state index contributed by atoms with van der Waals surface area (Å²) >= 11 is 5.87. The van der Waals surface area contributed by atoms with Gasteiger partial charge < -0.3 is 10.1 Å². The summed E-state index contributed by atoms with van der Waals surface area (Å²) in [6.07, 6.45) is 2.02. The highest BCUT2D eigenvalue weighted by atomic mass is 35.5. The monoisotopic (exact) mass is 446 g/mol. The summed E-state index contributed by atoms with van der Waals surface area (Å²) < 4.78 is 7.71. The lowest BCUT2D eigenvalue weighted by Gasteiger charge is -2.25. The van der Waals surface area contributed by atoms with Gasteiger partial charge in [0.2, 0.25) is 5.91 Å². The zero-order valence-corrected chi connectivity index (χ0v) is 18.0. The molecule has 1 aliphatic heterocycles. The summed E-state index contributed by atoms with van der Waals surface area (Å²) in [5.41, 5.74) is 3.47. The van der Waals surface area contributed by atoms with E-state index in [9.17, 15) is 4.79 Å². The molecule has 0 bridgehead atoms. The third-order valence-electron chi connectivity index (χ3n) is 5.33. The summed E-state index contributed by atoms with van der Waals surface area (Å²) in [6.45, 7) is 2.25. The molecule has 1 aromatic carbocycles. The van der Waals surface area contributed by atoms with Crippen molar-refractivity contribution < 1.29 is 9.53 Å². The molecule has 1 amide bonds. The van der Waals surface area contributed by atoms with Gasteiger partial charge in [-0.3, -0.25) is 9.78 Å². The Hall–Kier alpha value is -3.78. The van der Waals surface area contributed by atoms with Gasteiger partial charge >= 0.3 is 0 Å². The first-order valence-corrected chi connectivity index (χ1v) is 10.5. The van der Waals surface area contributed by atoms with Crippen molar-refractivity contribution >= 4 is 23.3 Å². The first-order valence-electron chi connectivity index (χ1n) is 10.1. The highest BCUT2D eigenvalue weighted by Gasteiger charge is 2.34. The second kappa shape index (κ2) is 8.39. The van der Waals surface area contributed by atoms with Crippen LogP contribution in [0.1, 0.15) is 34.9 Å². The first kappa shape index (κ1) is 20.1. The van der Waals surface area contributed by atoms with Crippen molar-refractivity contribution in [1.82, 2.24) is 25.0 Å². The molecule has 0 unspecified atom stereocenters. The molecular formula is C23H19ClN6O2. The zero-order chi connectivity index (χ0) is 22.1. The molecule has 9 heteroatoms. The molecule has 0 fully saturated rings. The predicted octanol–water partition coefficient (Wildman–Crippen LogP) is 4.07. The van der Waals surface area contributed by atoms with Gasteiger partial charge in [0.05, 0.1) is 11.4 Å². The van der Waals surface area contributed by atoms with E-state index in [0.29, 0.717) is 24.0 Å². The van der Waals surface area contributed by atoms with E-state index >= 15 is 0 Å². The maximum atomic E-state index is 12.7. The van der Waals surface area contributed by atoms with Gasteiger partial charge in [-0.1, -0.05) is 35.9 Å². The number of rotatable bonds is 5. The molecule has 160 valence electrons. The summed E-state index contributed by atoms with van der Waals surface area (Å²) in [5.74, 6) is 1.44. The van der Waals surface area contributed by atoms with E-state index in [2.05, 4.69) is 25.6 Å². The van der Waals surface area contributed by atoms with Gasteiger partial charge in [-0.25, -0.2) is 0 Å². The number of hydrogen-bond donors (Lipinski definition) is 1. The SMILES string of the molecule is Cc1nn(-c2ccc(Cl)nn2)c2c1[C@@H](c1ccccc1OCc1ccccn1)CC(=O)N2. The van der Waals surface area contributed by atoms with Gasteiger partial charge in [0, 0.05) is 29.7 Å². The van der Waals surface area contributed by atoms with Gasteiger partial charge in [-0.05, 0) is 37.3 Å². The van der Waals surface area contributed by atoms with Gasteiger partial charge in [0.15, 0.2) is 11.0 Å². The van der Waals surface area contributed by atoms with Crippen LogP contribution in [0.25, 0.3) is 5.82 Å². The van der Waals surface area contributed by atoms with Crippen molar-refractivity contribution in [3.05, 3.63) is 88.5 Å².